The highest BCUT2D eigenvalue weighted by atomic mass is 32.2. The van der Waals surface area contributed by atoms with Crippen LogP contribution in [-0.2, 0) is 26.2 Å². The Morgan fingerprint density at radius 1 is 0.846 bits per heavy atom. The number of benzene rings is 3. The van der Waals surface area contributed by atoms with Crippen LogP contribution < -0.4 is 20.9 Å². The molecule has 4 N–H and O–H groups in total. The van der Waals surface area contributed by atoms with E-state index in [2.05, 4.69) is 15.5 Å². The summed E-state index contributed by atoms with van der Waals surface area (Å²) in [5.74, 6) is -2.42. The number of hydrogen-bond acceptors (Lipinski definition) is 5. The predicted molar refractivity (Wildman–Crippen MR) is 142 cm³/mol. The maximum Gasteiger partial charge on any atom is 0.472 e. The van der Waals surface area contributed by atoms with Crippen LogP contribution in [-0.4, -0.2) is 51.5 Å². The summed E-state index contributed by atoms with van der Waals surface area (Å²) in [6, 6.07) is 20.9. The summed E-state index contributed by atoms with van der Waals surface area (Å²) in [4.78, 5) is 23.3. The van der Waals surface area contributed by atoms with E-state index in [4.69, 9.17) is 0 Å². The van der Waals surface area contributed by atoms with Gasteiger partial charge in [0.1, 0.15) is 6.54 Å². The molecule has 0 aliphatic heterocycles. The van der Waals surface area contributed by atoms with Crippen LogP contribution in [0.25, 0.3) is 0 Å². The molecular weight excluding hydrogens is 535 g/mol. The van der Waals surface area contributed by atoms with Crippen LogP contribution in [0.3, 0.4) is 0 Å². The molecule has 13 heteroatoms. The fourth-order valence-electron chi connectivity index (χ4n) is 3.56. The van der Waals surface area contributed by atoms with Crippen LogP contribution in [0.5, 0.6) is 0 Å². The number of sulfonamides is 1. The Hall–Kier alpha value is -4.10. The van der Waals surface area contributed by atoms with Crippen molar-refractivity contribution in [3.05, 3.63) is 84.4 Å². The number of alkyl halides is 3. The number of anilines is 3. The van der Waals surface area contributed by atoms with Crippen LogP contribution in [0.1, 0.15) is 12.0 Å². The predicted octanol–water partition coefficient (Wildman–Crippen LogP) is 4.10. The lowest BCUT2D eigenvalue weighted by Crippen LogP contribution is -2.41. The van der Waals surface area contributed by atoms with E-state index in [0.717, 1.165) is 12.1 Å². The first-order chi connectivity index (χ1) is 18.2. The van der Waals surface area contributed by atoms with Crippen molar-refractivity contribution < 1.29 is 35.7 Å². The van der Waals surface area contributed by atoms with Gasteiger partial charge in [-0.25, -0.2) is 8.42 Å². The van der Waals surface area contributed by atoms with Crippen molar-refractivity contribution in [2.24, 2.45) is 0 Å². The van der Waals surface area contributed by atoms with Gasteiger partial charge in [-0.1, -0.05) is 36.4 Å². The van der Waals surface area contributed by atoms with Crippen LogP contribution >= 0.6 is 0 Å². The number of carbonyl (C=O) groups is 2. The Balaban J connectivity index is 1.56. The molecule has 0 radical (unpaired) electrons. The van der Waals surface area contributed by atoms with Gasteiger partial charge in [-0.05, 0) is 42.5 Å². The highest BCUT2D eigenvalue weighted by Crippen LogP contribution is 2.21. The molecule has 0 spiro atoms. The van der Waals surface area contributed by atoms with Gasteiger partial charge in [0, 0.05) is 16.9 Å². The normalized spacial score (nSPS) is 11.9. The second-order valence-electron chi connectivity index (χ2n) is 9.39. The largest absolute Gasteiger partial charge is 0.472 e. The molecule has 0 atom stereocenters. The van der Waals surface area contributed by atoms with E-state index in [9.17, 15) is 31.2 Å². The van der Waals surface area contributed by atoms with Crippen molar-refractivity contribution in [1.29, 1.82) is 0 Å². The summed E-state index contributed by atoms with van der Waals surface area (Å²) in [6.07, 6.45) is -4.81. The van der Waals surface area contributed by atoms with Gasteiger partial charge in [-0.3, -0.25) is 25.2 Å². The van der Waals surface area contributed by atoms with Crippen molar-refractivity contribution in [2.45, 2.75) is 24.0 Å². The lowest BCUT2D eigenvalue weighted by molar-refractivity contribution is -0.903. The number of halogens is 3. The van der Waals surface area contributed by atoms with Crippen LogP contribution in [0.2, 0.25) is 0 Å². The second kappa shape index (κ2) is 12.2. The Kier molecular flexibility index (Phi) is 9.20. The van der Waals surface area contributed by atoms with E-state index in [1.165, 1.54) is 47.9 Å². The summed E-state index contributed by atoms with van der Waals surface area (Å²) in [5.41, 5.74) is 5.30. The Labute approximate surface area is 224 Å². The first-order valence-corrected chi connectivity index (χ1v) is 13.2. The zero-order valence-electron chi connectivity index (χ0n) is 21.2. The zero-order chi connectivity index (χ0) is 28.7. The number of quaternary nitrogens is 1. The maximum absolute atomic E-state index is 12.9. The number of rotatable bonds is 11. The lowest BCUT2D eigenvalue weighted by Gasteiger charge is -2.29. The topological polar surface area (TPSA) is 116 Å². The molecule has 0 aromatic heterocycles. The Morgan fingerprint density at radius 2 is 1.49 bits per heavy atom. The molecule has 0 bridgehead atoms. The SMILES string of the molecule is C[N+](C)(CCC(=O)Nc1cccc(S(=O)(=O)Nc2ccc(NNC(=O)C(F)(F)F)cc2)c1)Cc1ccccc1. The molecule has 0 aliphatic carbocycles. The minimum Gasteiger partial charge on any atom is -0.326 e. The molecule has 208 valence electrons. The summed E-state index contributed by atoms with van der Waals surface area (Å²) < 4.78 is 65.5. The second-order valence-corrected chi connectivity index (χ2v) is 11.1. The van der Waals surface area contributed by atoms with E-state index >= 15 is 0 Å². The Bertz CT molecular complexity index is 1400. The van der Waals surface area contributed by atoms with E-state index in [0.29, 0.717) is 16.7 Å². The van der Waals surface area contributed by atoms with Crippen molar-refractivity contribution in [2.75, 3.05) is 36.1 Å². The van der Waals surface area contributed by atoms with Gasteiger partial charge in [0.05, 0.1) is 37.6 Å². The van der Waals surface area contributed by atoms with Gasteiger partial charge in [-0.2, -0.15) is 13.2 Å². The summed E-state index contributed by atoms with van der Waals surface area (Å²) in [5, 5.41) is 2.73. The maximum atomic E-state index is 12.9. The molecule has 3 rings (SSSR count). The molecule has 3 aromatic rings. The summed E-state index contributed by atoms with van der Waals surface area (Å²) in [6.45, 7) is 1.33. The quantitative estimate of drug-likeness (QED) is 0.207. The molecule has 0 saturated carbocycles. The molecule has 0 fully saturated rings. The highest BCUT2D eigenvalue weighted by Gasteiger charge is 2.38. The number of amides is 2. The number of hydrazine groups is 1. The smallest absolute Gasteiger partial charge is 0.326 e. The highest BCUT2D eigenvalue weighted by molar-refractivity contribution is 7.92. The number of nitrogens with one attached hydrogen (secondary N) is 4. The fourth-order valence-corrected chi connectivity index (χ4v) is 4.66. The minimum absolute atomic E-state index is 0.0971. The van der Waals surface area contributed by atoms with Gasteiger partial charge in [0.25, 0.3) is 10.0 Å². The van der Waals surface area contributed by atoms with Crippen LogP contribution in [0, 0.1) is 0 Å². The molecule has 0 aliphatic rings. The van der Waals surface area contributed by atoms with Crippen molar-refractivity contribution in [1.82, 2.24) is 5.43 Å². The van der Waals surface area contributed by atoms with Crippen molar-refractivity contribution >= 4 is 38.9 Å². The van der Waals surface area contributed by atoms with Crippen molar-refractivity contribution in [3.63, 3.8) is 0 Å². The molecule has 39 heavy (non-hydrogen) atoms. The molecule has 2 amide bonds. The van der Waals surface area contributed by atoms with Crippen LogP contribution in [0.4, 0.5) is 30.2 Å². The number of nitrogens with zero attached hydrogens (tertiary/aromatic N) is 1. The summed E-state index contributed by atoms with van der Waals surface area (Å²) in [7, 11) is 0.0132. The van der Waals surface area contributed by atoms with Crippen LogP contribution in [0.15, 0.2) is 83.8 Å². The van der Waals surface area contributed by atoms with Crippen molar-refractivity contribution in [3.8, 4) is 0 Å². The monoisotopic (exact) mass is 564 g/mol. The lowest BCUT2D eigenvalue weighted by atomic mass is 10.2. The van der Waals surface area contributed by atoms with Gasteiger partial charge in [0.2, 0.25) is 5.91 Å². The van der Waals surface area contributed by atoms with Gasteiger partial charge >= 0.3 is 12.1 Å². The van der Waals surface area contributed by atoms with E-state index < -0.39 is 22.1 Å². The zero-order valence-corrected chi connectivity index (χ0v) is 22.1. The molecule has 0 saturated heterocycles. The standard InChI is InChI=1S/C26H28F3N5O4S/c1-34(2,18-19-7-4-3-5-8-19)16-15-24(35)30-22-9-6-10-23(17-22)39(37,38)33-21-13-11-20(12-14-21)31-32-25(36)26(27,28)29/h3-14,17,31,33H,15-16,18H2,1-2H3,(H-,30,32,35,36)/p+1. The molecule has 3 aromatic carbocycles. The average Bonchev–Trinajstić information content (AvgIpc) is 2.87. The number of hydrogen-bond donors (Lipinski definition) is 4. The van der Waals surface area contributed by atoms with E-state index in [-0.39, 0.29) is 28.6 Å². The molecular formula is C26H29F3N5O4S+. The van der Waals surface area contributed by atoms with Gasteiger partial charge in [0.15, 0.2) is 0 Å². The molecule has 0 heterocycles. The third-order valence-corrected chi connectivity index (χ3v) is 6.92. The third kappa shape index (κ3) is 9.30. The first-order valence-electron chi connectivity index (χ1n) is 11.8. The first kappa shape index (κ1) is 29.5. The minimum atomic E-state index is -5.05. The van der Waals surface area contributed by atoms with Gasteiger partial charge in [-0.15, -0.1) is 0 Å². The third-order valence-electron chi connectivity index (χ3n) is 5.54. The number of carbonyl (C=O) groups excluding carboxylic acids is 2. The van der Waals surface area contributed by atoms with Gasteiger partial charge < -0.3 is 9.80 Å². The molecule has 9 nitrogen and oxygen atoms in total. The van der Waals surface area contributed by atoms with E-state index in [1.54, 1.807) is 6.07 Å². The van der Waals surface area contributed by atoms with E-state index in [1.807, 2.05) is 44.4 Å². The summed E-state index contributed by atoms with van der Waals surface area (Å²) >= 11 is 0. The molecule has 0 unspecified atom stereocenters. The Morgan fingerprint density at radius 3 is 2.13 bits per heavy atom. The fraction of sp³-hybridized carbons (Fsp3) is 0.231. The average molecular weight is 565 g/mol.